The first-order valence-corrected chi connectivity index (χ1v) is 8.74. The molecule has 0 heterocycles. The van der Waals surface area contributed by atoms with E-state index in [-0.39, 0.29) is 5.92 Å². The average molecular weight is 348 g/mol. The van der Waals surface area contributed by atoms with Crippen molar-refractivity contribution in [1.29, 1.82) is 0 Å². The number of benzene rings is 1. The van der Waals surface area contributed by atoms with Crippen molar-refractivity contribution in [2.24, 2.45) is 5.92 Å². The Bertz CT molecular complexity index is 526. The molecule has 0 bridgehead atoms. The molecule has 2 rings (SSSR count). The summed E-state index contributed by atoms with van der Waals surface area (Å²) in [5, 5.41) is 13.9. The Kier molecular flexibility index (Phi) is 5.83. The number of halogens is 2. The summed E-state index contributed by atoms with van der Waals surface area (Å²) in [6.07, 6.45) is 3.46. The van der Waals surface area contributed by atoms with Gasteiger partial charge in [-0.15, -0.1) is 11.8 Å². The molecule has 1 aromatic rings. The van der Waals surface area contributed by atoms with E-state index < -0.39 is 11.5 Å². The molecule has 1 aliphatic carbocycles. The lowest BCUT2D eigenvalue weighted by molar-refractivity contribution is -0.146. The largest absolute Gasteiger partial charge is 0.480 e. The summed E-state index contributed by atoms with van der Waals surface area (Å²) in [7, 11) is 1.74. The van der Waals surface area contributed by atoms with E-state index >= 15 is 0 Å². The Morgan fingerprint density at radius 3 is 2.95 bits per heavy atom. The summed E-state index contributed by atoms with van der Waals surface area (Å²) in [4.78, 5) is 12.5. The molecule has 0 aromatic heterocycles. The molecule has 2 unspecified atom stereocenters. The number of hydrogen-bond acceptors (Lipinski definition) is 3. The van der Waals surface area contributed by atoms with Crippen LogP contribution in [0.1, 0.15) is 25.7 Å². The van der Waals surface area contributed by atoms with Crippen molar-refractivity contribution in [2.75, 3.05) is 12.8 Å². The normalized spacial score (nSPS) is 25.2. The van der Waals surface area contributed by atoms with Crippen molar-refractivity contribution >= 4 is 40.9 Å². The Morgan fingerprint density at radius 2 is 2.29 bits per heavy atom. The molecule has 2 N–H and O–H groups in total. The van der Waals surface area contributed by atoms with Crippen LogP contribution in [0.3, 0.4) is 0 Å². The van der Waals surface area contributed by atoms with Crippen molar-refractivity contribution in [3.8, 4) is 0 Å². The molecule has 1 fully saturated rings. The van der Waals surface area contributed by atoms with Crippen molar-refractivity contribution in [2.45, 2.75) is 36.1 Å². The van der Waals surface area contributed by atoms with Crippen molar-refractivity contribution in [3.05, 3.63) is 28.2 Å². The number of thioether (sulfide) groups is 1. The fourth-order valence-electron chi connectivity index (χ4n) is 3.09. The Labute approximate surface area is 139 Å². The van der Waals surface area contributed by atoms with Crippen LogP contribution in [-0.2, 0) is 4.79 Å². The summed E-state index contributed by atoms with van der Waals surface area (Å²) in [6, 6.07) is 5.41. The zero-order valence-electron chi connectivity index (χ0n) is 11.9. The van der Waals surface area contributed by atoms with E-state index in [9.17, 15) is 9.90 Å². The second-order valence-electron chi connectivity index (χ2n) is 5.33. The third-order valence-electron chi connectivity index (χ3n) is 4.27. The molecule has 1 aliphatic rings. The second-order valence-corrected chi connectivity index (χ2v) is 7.31. The van der Waals surface area contributed by atoms with E-state index in [1.165, 1.54) is 0 Å². The van der Waals surface area contributed by atoms with Crippen LogP contribution in [0.4, 0.5) is 0 Å². The number of hydrogen-bond donors (Lipinski definition) is 2. The van der Waals surface area contributed by atoms with Crippen LogP contribution < -0.4 is 5.32 Å². The Morgan fingerprint density at radius 1 is 1.52 bits per heavy atom. The highest BCUT2D eigenvalue weighted by molar-refractivity contribution is 7.99. The first kappa shape index (κ1) is 16.9. The molecule has 6 heteroatoms. The van der Waals surface area contributed by atoms with Gasteiger partial charge in [-0.3, -0.25) is 4.79 Å². The van der Waals surface area contributed by atoms with Gasteiger partial charge in [-0.2, -0.15) is 0 Å². The molecular weight excluding hydrogens is 329 g/mol. The fraction of sp³-hybridized carbons (Fsp3) is 0.533. The van der Waals surface area contributed by atoms with Gasteiger partial charge in [0, 0.05) is 9.92 Å². The Hall–Kier alpha value is -0.420. The SMILES string of the molecule is CNC1(C(=O)O)CCCC1CCSc1cc(Cl)ccc1Cl. The van der Waals surface area contributed by atoms with E-state index in [2.05, 4.69) is 5.32 Å². The molecule has 2 atom stereocenters. The van der Waals surface area contributed by atoms with Gasteiger partial charge in [0.2, 0.25) is 0 Å². The first-order chi connectivity index (χ1) is 9.99. The maximum absolute atomic E-state index is 11.6. The van der Waals surface area contributed by atoms with E-state index in [1.807, 2.05) is 6.07 Å². The van der Waals surface area contributed by atoms with E-state index in [1.54, 1.807) is 30.9 Å². The second kappa shape index (κ2) is 7.23. The molecule has 3 nitrogen and oxygen atoms in total. The summed E-state index contributed by atoms with van der Waals surface area (Å²) in [6.45, 7) is 0. The first-order valence-electron chi connectivity index (χ1n) is 7.00. The third-order valence-corrected chi connectivity index (χ3v) is 6.03. The molecule has 116 valence electrons. The molecule has 1 aromatic carbocycles. The van der Waals surface area contributed by atoms with Gasteiger partial charge in [0.25, 0.3) is 0 Å². The Balaban J connectivity index is 1.96. The predicted molar refractivity (Wildman–Crippen MR) is 88.6 cm³/mol. The fourth-order valence-corrected chi connectivity index (χ4v) is 4.64. The molecule has 0 saturated heterocycles. The van der Waals surface area contributed by atoms with Crippen LogP contribution in [-0.4, -0.2) is 29.4 Å². The van der Waals surface area contributed by atoms with E-state index in [0.717, 1.165) is 29.9 Å². The number of carbonyl (C=O) groups is 1. The number of nitrogens with one attached hydrogen (secondary N) is 1. The average Bonchev–Trinajstić information content (AvgIpc) is 2.87. The molecular formula is C15H19Cl2NO2S. The smallest absolute Gasteiger partial charge is 0.324 e. The van der Waals surface area contributed by atoms with Gasteiger partial charge < -0.3 is 10.4 Å². The van der Waals surface area contributed by atoms with Gasteiger partial charge in [-0.1, -0.05) is 29.6 Å². The third kappa shape index (κ3) is 3.67. The summed E-state index contributed by atoms with van der Waals surface area (Å²) >= 11 is 13.7. The molecule has 21 heavy (non-hydrogen) atoms. The van der Waals surface area contributed by atoms with Crippen molar-refractivity contribution in [3.63, 3.8) is 0 Å². The standard InChI is InChI=1S/C15H19Cl2NO2S/c1-18-15(14(19)20)7-2-3-10(15)6-8-21-13-9-11(16)4-5-12(13)17/h4-5,9-10,18H,2-3,6-8H2,1H3,(H,19,20). The van der Waals surface area contributed by atoms with Crippen LogP contribution in [0, 0.1) is 5.92 Å². The monoisotopic (exact) mass is 347 g/mol. The topological polar surface area (TPSA) is 49.3 Å². The minimum Gasteiger partial charge on any atom is -0.480 e. The highest BCUT2D eigenvalue weighted by Gasteiger charge is 2.47. The number of likely N-dealkylation sites (N-methyl/N-ethyl adjacent to an activating group) is 1. The lowest BCUT2D eigenvalue weighted by Gasteiger charge is -2.31. The van der Waals surface area contributed by atoms with Crippen LogP contribution in [0.15, 0.2) is 23.1 Å². The van der Waals surface area contributed by atoms with Gasteiger partial charge in [0.1, 0.15) is 5.54 Å². The van der Waals surface area contributed by atoms with Crippen LogP contribution >= 0.6 is 35.0 Å². The minimum atomic E-state index is -0.765. The van der Waals surface area contributed by atoms with Crippen LogP contribution in [0.5, 0.6) is 0 Å². The number of rotatable bonds is 6. The van der Waals surface area contributed by atoms with Crippen molar-refractivity contribution in [1.82, 2.24) is 5.32 Å². The van der Waals surface area contributed by atoms with Crippen LogP contribution in [0.25, 0.3) is 0 Å². The van der Waals surface area contributed by atoms with Crippen LogP contribution in [0.2, 0.25) is 10.0 Å². The lowest BCUT2D eigenvalue weighted by atomic mass is 9.85. The number of carboxylic acids is 1. The van der Waals surface area contributed by atoms with Gasteiger partial charge in [0.05, 0.1) is 5.02 Å². The highest BCUT2D eigenvalue weighted by Crippen LogP contribution is 2.40. The maximum Gasteiger partial charge on any atom is 0.324 e. The zero-order chi connectivity index (χ0) is 15.5. The molecule has 1 saturated carbocycles. The number of carboxylic acid groups (broad SMARTS) is 1. The summed E-state index contributed by atoms with van der Waals surface area (Å²) in [5.74, 6) is 0.255. The van der Waals surface area contributed by atoms with E-state index in [4.69, 9.17) is 23.2 Å². The zero-order valence-corrected chi connectivity index (χ0v) is 14.2. The predicted octanol–water partition coefficient (Wildman–Crippen LogP) is 4.32. The summed E-state index contributed by atoms with van der Waals surface area (Å²) < 4.78 is 0. The minimum absolute atomic E-state index is 0.158. The van der Waals surface area contributed by atoms with Gasteiger partial charge in [-0.25, -0.2) is 0 Å². The summed E-state index contributed by atoms with van der Waals surface area (Å²) in [5.41, 5.74) is -0.765. The molecule has 0 amide bonds. The molecule has 0 radical (unpaired) electrons. The van der Waals surface area contributed by atoms with Gasteiger partial charge in [-0.05, 0) is 56.2 Å². The van der Waals surface area contributed by atoms with E-state index in [0.29, 0.717) is 16.5 Å². The highest BCUT2D eigenvalue weighted by atomic mass is 35.5. The quantitative estimate of drug-likeness (QED) is 0.752. The van der Waals surface area contributed by atoms with Gasteiger partial charge >= 0.3 is 5.97 Å². The lowest BCUT2D eigenvalue weighted by Crippen LogP contribution is -2.53. The van der Waals surface area contributed by atoms with Crippen molar-refractivity contribution < 1.29 is 9.90 Å². The van der Waals surface area contributed by atoms with Gasteiger partial charge in [0.15, 0.2) is 0 Å². The maximum atomic E-state index is 11.6. The molecule has 0 spiro atoms. The number of aliphatic carboxylic acids is 1. The molecule has 0 aliphatic heterocycles.